The zero-order chi connectivity index (χ0) is 15.6. The van der Waals surface area contributed by atoms with Crippen molar-refractivity contribution in [3.8, 4) is 0 Å². The molecule has 0 saturated carbocycles. The van der Waals surface area contributed by atoms with Gasteiger partial charge in [-0.2, -0.15) is 0 Å². The van der Waals surface area contributed by atoms with Crippen molar-refractivity contribution in [1.29, 1.82) is 0 Å². The summed E-state index contributed by atoms with van der Waals surface area (Å²) in [5, 5.41) is 2.44. The zero-order valence-electron chi connectivity index (χ0n) is 10.7. The number of amides is 2. The molecule has 1 aliphatic heterocycles. The van der Waals surface area contributed by atoms with E-state index in [-0.39, 0.29) is 18.8 Å². The van der Waals surface area contributed by atoms with E-state index in [9.17, 15) is 14.0 Å². The van der Waals surface area contributed by atoms with Gasteiger partial charge in [0.2, 0.25) is 0 Å². The quantitative estimate of drug-likeness (QED) is 0.647. The molecule has 3 N–H and O–H groups in total. The number of rotatable bonds is 4. The molecule has 0 bridgehead atoms. The second kappa shape index (κ2) is 6.36. The maximum Gasteiger partial charge on any atom is 0.414 e. The Morgan fingerprint density at radius 2 is 2.29 bits per heavy atom. The molecule has 0 aromatic heterocycles. The van der Waals surface area contributed by atoms with Gasteiger partial charge in [0.15, 0.2) is 4.84 Å². The summed E-state index contributed by atoms with van der Waals surface area (Å²) < 4.78 is 18.5. The first kappa shape index (κ1) is 15.7. The topological polar surface area (TPSA) is 84.7 Å². The van der Waals surface area contributed by atoms with E-state index in [1.54, 1.807) is 0 Å². The van der Waals surface area contributed by atoms with Crippen molar-refractivity contribution < 1.29 is 18.7 Å². The fraction of sp³-hybridized carbons (Fsp3) is 0.333. The molecule has 6 nitrogen and oxygen atoms in total. The fourth-order valence-corrected chi connectivity index (χ4v) is 1.97. The van der Waals surface area contributed by atoms with Crippen LogP contribution >= 0.6 is 23.2 Å². The van der Waals surface area contributed by atoms with E-state index < -0.39 is 28.8 Å². The highest BCUT2D eigenvalue weighted by Crippen LogP contribution is 2.24. The lowest BCUT2D eigenvalue weighted by Gasteiger charge is -2.13. The number of nitrogens with one attached hydrogen (secondary N) is 1. The first-order valence-electron chi connectivity index (χ1n) is 5.97. The molecule has 1 fully saturated rings. The van der Waals surface area contributed by atoms with Crippen LogP contribution in [0.1, 0.15) is 0 Å². The van der Waals surface area contributed by atoms with Crippen molar-refractivity contribution >= 4 is 46.6 Å². The number of nitrogens with zero attached hydrogens (tertiary/aromatic N) is 1. The van der Waals surface area contributed by atoms with Crippen molar-refractivity contribution in [1.82, 2.24) is 5.32 Å². The molecule has 21 heavy (non-hydrogen) atoms. The highest BCUT2D eigenvalue weighted by atomic mass is 35.5. The minimum absolute atomic E-state index is 0.00889. The number of halogens is 3. The van der Waals surface area contributed by atoms with Gasteiger partial charge in [-0.1, -0.05) is 23.2 Å². The molecule has 1 saturated heterocycles. The third-order valence-electron chi connectivity index (χ3n) is 2.87. The molecule has 2 amide bonds. The Labute approximate surface area is 129 Å². The lowest BCUT2D eigenvalue weighted by Crippen LogP contribution is -2.37. The van der Waals surface area contributed by atoms with Crippen molar-refractivity contribution in [2.45, 2.75) is 10.9 Å². The molecule has 1 atom stereocenters. The van der Waals surface area contributed by atoms with Crippen molar-refractivity contribution in [3.05, 3.63) is 24.0 Å². The smallest absolute Gasteiger partial charge is 0.414 e. The molecule has 1 aromatic carbocycles. The molecule has 1 aromatic rings. The van der Waals surface area contributed by atoms with Gasteiger partial charge >= 0.3 is 6.09 Å². The second-order valence-electron chi connectivity index (χ2n) is 4.37. The van der Waals surface area contributed by atoms with Gasteiger partial charge in [-0.25, -0.2) is 9.18 Å². The molecule has 1 aliphatic rings. The van der Waals surface area contributed by atoms with E-state index in [0.717, 1.165) is 6.07 Å². The van der Waals surface area contributed by atoms with Crippen LogP contribution in [-0.4, -0.2) is 36.0 Å². The Bertz CT molecular complexity index is 571. The van der Waals surface area contributed by atoms with Crippen LogP contribution in [0.3, 0.4) is 0 Å². The average Bonchev–Trinajstić information content (AvgIpc) is 2.80. The molecule has 0 unspecified atom stereocenters. The zero-order valence-corrected chi connectivity index (χ0v) is 12.2. The number of alkyl halides is 2. The summed E-state index contributed by atoms with van der Waals surface area (Å²) in [4.78, 5) is 23.0. The van der Waals surface area contributed by atoms with E-state index in [2.05, 4.69) is 5.32 Å². The molecular formula is C12H12Cl2FN3O3. The minimum atomic E-state index is -1.19. The second-order valence-corrected chi connectivity index (χ2v) is 5.46. The summed E-state index contributed by atoms with van der Waals surface area (Å²) >= 11 is 10.8. The summed E-state index contributed by atoms with van der Waals surface area (Å²) in [6.07, 6.45) is -1.21. The normalized spacial score (nSPS) is 18.0. The van der Waals surface area contributed by atoms with Gasteiger partial charge in [-0.15, -0.1) is 0 Å². The van der Waals surface area contributed by atoms with E-state index in [1.165, 1.54) is 17.0 Å². The van der Waals surface area contributed by atoms with Gasteiger partial charge in [0.25, 0.3) is 5.91 Å². The van der Waals surface area contributed by atoms with Gasteiger partial charge in [-0.3, -0.25) is 9.69 Å². The SMILES string of the molecule is Nc1ccc(N2C[C@H](CNC(=O)C(Cl)Cl)OC2=O)cc1F. The van der Waals surface area contributed by atoms with Crippen LogP contribution in [-0.2, 0) is 9.53 Å². The Hall–Kier alpha value is -1.73. The van der Waals surface area contributed by atoms with Crippen LogP contribution in [0.5, 0.6) is 0 Å². The first-order valence-corrected chi connectivity index (χ1v) is 6.85. The fourth-order valence-electron chi connectivity index (χ4n) is 1.81. The Morgan fingerprint density at radius 3 is 2.90 bits per heavy atom. The average molecular weight is 336 g/mol. The van der Waals surface area contributed by atoms with Crippen molar-refractivity contribution in [2.24, 2.45) is 0 Å². The molecular weight excluding hydrogens is 324 g/mol. The largest absolute Gasteiger partial charge is 0.442 e. The summed E-state index contributed by atoms with van der Waals surface area (Å²) in [6.45, 7) is 0.228. The maximum atomic E-state index is 13.4. The Kier molecular flexibility index (Phi) is 4.74. The maximum absolute atomic E-state index is 13.4. The van der Waals surface area contributed by atoms with Crippen LogP contribution in [0.2, 0.25) is 0 Å². The summed E-state index contributed by atoms with van der Waals surface area (Å²) in [7, 11) is 0. The summed E-state index contributed by atoms with van der Waals surface area (Å²) in [5.74, 6) is -1.20. The van der Waals surface area contributed by atoms with Gasteiger partial charge < -0.3 is 15.8 Å². The molecule has 2 rings (SSSR count). The predicted octanol–water partition coefficient (Wildman–Crippen LogP) is 1.65. The van der Waals surface area contributed by atoms with E-state index in [0.29, 0.717) is 5.69 Å². The highest BCUT2D eigenvalue weighted by Gasteiger charge is 2.33. The van der Waals surface area contributed by atoms with Crippen molar-refractivity contribution in [3.63, 3.8) is 0 Å². The number of hydrogen-bond donors (Lipinski definition) is 2. The summed E-state index contributed by atoms with van der Waals surface area (Å²) in [6, 6.07) is 4.01. The Morgan fingerprint density at radius 1 is 1.57 bits per heavy atom. The third-order valence-corrected chi connectivity index (χ3v) is 3.27. The van der Waals surface area contributed by atoms with E-state index >= 15 is 0 Å². The number of carbonyl (C=O) groups excluding carboxylic acids is 2. The third kappa shape index (κ3) is 3.68. The highest BCUT2D eigenvalue weighted by molar-refractivity contribution is 6.53. The minimum Gasteiger partial charge on any atom is -0.442 e. The number of benzene rings is 1. The van der Waals surface area contributed by atoms with E-state index in [1.807, 2.05) is 0 Å². The van der Waals surface area contributed by atoms with E-state index in [4.69, 9.17) is 33.7 Å². The first-order chi connectivity index (χ1) is 9.88. The number of nitrogens with two attached hydrogens (primary N) is 1. The van der Waals surface area contributed by atoms with Crippen LogP contribution in [0, 0.1) is 5.82 Å². The van der Waals surface area contributed by atoms with Crippen molar-refractivity contribution in [2.75, 3.05) is 23.7 Å². The molecule has 0 aliphatic carbocycles. The van der Waals surface area contributed by atoms with Gasteiger partial charge in [0.05, 0.1) is 24.5 Å². The predicted molar refractivity (Wildman–Crippen MR) is 76.9 cm³/mol. The lowest BCUT2D eigenvalue weighted by molar-refractivity contribution is -0.119. The standard InChI is InChI=1S/C12H12Cl2FN3O3/c13-10(14)11(19)17-4-7-5-18(12(20)21-7)6-1-2-9(16)8(15)3-6/h1-3,7,10H,4-5,16H2,(H,17,19)/t7-/m0/s1. The molecule has 0 radical (unpaired) electrons. The van der Waals surface area contributed by atoms with Crippen LogP contribution in [0.15, 0.2) is 18.2 Å². The number of carbonyl (C=O) groups is 2. The molecule has 0 spiro atoms. The van der Waals surface area contributed by atoms with Crippen LogP contribution in [0.25, 0.3) is 0 Å². The van der Waals surface area contributed by atoms with Gasteiger partial charge in [0, 0.05) is 0 Å². The molecule has 1 heterocycles. The number of ether oxygens (including phenoxy) is 1. The number of nitrogen functional groups attached to an aromatic ring is 1. The van der Waals surface area contributed by atoms with Gasteiger partial charge in [0.1, 0.15) is 11.9 Å². The monoisotopic (exact) mass is 335 g/mol. The van der Waals surface area contributed by atoms with Crippen LogP contribution < -0.4 is 16.0 Å². The molecule has 114 valence electrons. The number of cyclic esters (lactones) is 1. The lowest BCUT2D eigenvalue weighted by atomic mass is 10.2. The number of anilines is 2. The summed E-state index contributed by atoms with van der Waals surface area (Å²) in [5.41, 5.74) is 5.69. The van der Waals surface area contributed by atoms with Gasteiger partial charge in [-0.05, 0) is 18.2 Å². The molecule has 9 heteroatoms. The Balaban J connectivity index is 1.99. The number of hydrogen-bond acceptors (Lipinski definition) is 4. The van der Waals surface area contributed by atoms with Crippen LogP contribution in [0.4, 0.5) is 20.6 Å².